The van der Waals surface area contributed by atoms with Gasteiger partial charge in [0, 0.05) is 50.3 Å². The van der Waals surface area contributed by atoms with Crippen LogP contribution in [0.2, 0.25) is 5.02 Å². The van der Waals surface area contributed by atoms with Crippen molar-refractivity contribution in [2.45, 2.75) is 25.3 Å². The summed E-state index contributed by atoms with van der Waals surface area (Å²) in [5.41, 5.74) is 1.35. The van der Waals surface area contributed by atoms with Crippen molar-refractivity contribution >= 4 is 24.0 Å². The van der Waals surface area contributed by atoms with Crippen LogP contribution in [0, 0.1) is 0 Å². The molecular formula is C17H27Cl2N3. The van der Waals surface area contributed by atoms with E-state index in [0.717, 1.165) is 30.7 Å². The zero-order valence-electron chi connectivity index (χ0n) is 13.3. The monoisotopic (exact) mass is 343 g/mol. The van der Waals surface area contributed by atoms with Gasteiger partial charge in [0.15, 0.2) is 0 Å². The van der Waals surface area contributed by atoms with Crippen LogP contribution in [0.3, 0.4) is 0 Å². The highest BCUT2D eigenvalue weighted by atomic mass is 35.5. The van der Waals surface area contributed by atoms with Crippen LogP contribution >= 0.6 is 24.0 Å². The Hall–Kier alpha value is -0.320. The van der Waals surface area contributed by atoms with Crippen LogP contribution in [-0.2, 0) is 0 Å². The quantitative estimate of drug-likeness (QED) is 0.906. The first-order valence-corrected chi connectivity index (χ1v) is 8.53. The summed E-state index contributed by atoms with van der Waals surface area (Å²) in [4.78, 5) is 5.29. The Labute approximate surface area is 145 Å². The number of rotatable bonds is 4. The van der Waals surface area contributed by atoms with Gasteiger partial charge in [-0.3, -0.25) is 4.90 Å². The van der Waals surface area contributed by atoms with Crippen molar-refractivity contribution in [2.75, 3.05) is 45.8 Å². The van der Waals surface area contributed by atoms with Gasteiger partial charge in [0.25, 0.3) is 0 Å². The minimum atomic E-state index is 0. The zero-order chi connectivity index (χ0) is 14.7. The van der Waals surface area contributed by atoms with E-state index in [1.807, 2.05) is 6.07 Å². The Balaban J connectivity index is 0.00000176. The lowest BCUT2D eigenvalue weighted by atomic mass is 10.0. The molecule has 1 aromatic carbocycles. The van der Waals surface area contributed by atoms with E-state index in [-0.39, 0.29) is 12.4 Å². The molecule has 22 heavy (non-hydrogen) atoms. The number of likely N-dealkylation sites (tertiary alicyclic amines) is 1. The van der Waals surface area contributed by atoms with Crippen molar-refractivity contribution in [2.24, 2.45) is 0 Å². The molecule has 0 bridgehead atoms. The number of hydrogen-bond donors (Lipinski definition) is 1. The Morgan fingerprint density at radius 2 is 2.05 bits per heavy atom. The van der Waals surface area contributed by atoms with E-state index >= 15 is 0 Å². The molecule has 1 N–H and O–H groups in total. The summed E-state index contributed by atoms with van der Waals surface area (Å²) < 4.78 is 0. The highest BCUT2D eigenvalue weighted by Crippen LogP contribution is 2.23. The van der Waals surface area contributed by atoms with Crippen molar-refractivity contribution in [3.63, 3.8) is 0 Å². The van der Waals surface area contributed by atoms with E-state index in [0.29, 0.717) is 5.92 Å². The molecule has 2 aliphatic heterocycles. The van der Waals surface area contributed by atoms with E-state index in [4.69, 9.17) is 11.6 Å². The van der Waals surface area contributed by atoms with Crippen LogP contribution in [-0.4, -0.2) is 61.7 Å². The molecular weight excluding hydrogens is 317 g/mol. The van der Waals surface area contributed by atoms with Gasteiger partial charge < -0.3 is 10.2 Å². The zero-order valence-corrected chi connectivity index (χ0v) is 14.9. The van der Waals surface area contributed by atoms with Gasteiger partial charge in [-0.15, -0.1) is 12.4 Å². The molecule has 2 atom stereocenters. The van der Waals surface area contributed by atoms with Crippen LogP contribution in [0.25, 0.3) is 0 Å². The van der Waals surface area contributed by atoms with Gasteiger partial charge in [-0.1, -0.05) is 30.7 Å². The molecule has 0 amide bonds. The standard InChI is InChI=1S/C17H26ClN3.ClH/c1-14(15-3-2-4-16(18)11-15)12-20-8-5-17(13-20)21-9-6-19-7-10-21;/h2-4,11,14,17,19H,5-10,12-13H2,1H3;1H. The highest BCUT2D eigenvalue weighted by molar-refractivity contribution is 6.30. The van der Waals surface area contributed by atoms with Crippen LogP contribution < -0.4 is 5.32 Å². The average molecular weight is 344 g/mol. The van der Waals surface area contributed by atoms with Crippen molar-refractivity contribution in [1.82, 2.24) is 15.1 Å². The molecule has 2 unspecified atom stereocenters. The lowest BCUT2D eigenvalue weighted by molar-refractivity contribution is 0.170. The van der Waals surface area contributed by atoms with Crippen molar-refractivity contribution in [3.8, 4) is 0 Å². The lowest BCUT2D eigenvalue weighted by Gasteiger charge is -2.33. The number of halogens is 2. The number of piperazine rings is 1. The van der Waals surface area contributed by atoms with Crippen LogP contribution in [0.5, 0.6) is 0 Å². The molecule has 2 aliphatic rings. The van der Waals surface area contributed by atoms with Crippen molar-refractivity contribution < 1.29 is 0 Å². The third-order valence-electron chi connectivity index (χ3n) is 4.87. The van der Waals surface area contributed by atoms with E-state index in [1.54, 1.807) is 0 Å². The molecule has 0 aromatic heterocycles. The normalized spacial score (nSPS) is 24.9. The fraction of sp³-hybridized carbons (Fsp3) is 0.647. The van der Waals surface area contributed by atoms with Crippen molar-refractivity contribution in [1.29, 1.82) is 0 Å². The molecule has 3 rings (SSSR count). The molecule has 3 nitrogen and oxygen atoms in total. The molecule has 0 saturated carbocycles. The Bertz CT molecular complexity index is 463. The maximum Gasteiger partial charge on any atom is 0.0408 e. The minimum absolute atomic E-state index is 0. The van der Waals surface area contributed by atoms with E-state index < -0.39 is 0 Å². The van der Waals surface area contributed by atoms with Gasteiger partial charge in [-0.25, -0.2) is 0 Å². The number of nitrogens with zero attached hydrogens (tertiary/aromatic N) is 2. The molecule has 2 saturated heterocycles. The summed E-state index contributed by atoms with van der Waals surface area (Å²) in [5, 5.41) is 4.29. The van der Waals surface area contributed by atoms with Gasteiger partial charge in [0.2, 0.25) is 0 Å². The fourth-order valence-electron chi connectivity index (χ4n) is 3.63. The summed E-state index contributed by atoms with van der Waals surface area (Å²) in [7, 11) is 0. The molecule has 0 radical (unpaired) electrons. The first-order valence-electron chi connectivity index (χ1n) is 8.15. The number of hydrogen-bond acceptors (Lipinski definition) is 3. The van der Waals surface area contributed by atoms with Crippen molar-refractivity contribution in [3.05, 3.63) is 34.9 Å². The molecule has 1 aromatic rings. The fourth-order valence-corrected chi connectivity index (χ4v) is 3.83. The summed E-state index contributed by atoms with van der Waals surface area (Å²) in [6, 6.07) is 9.07. The third-order valence-corrected chi connectivity index (χ3v) is 5.10. The highest BCUT2D eigenvalue weighted by Gasteiger charge is 2.29. The van der Waals surface area contributed by atoms with Crippen LogP contribution in [0.1, 0.15) is 24.8 Å². The second kappa shape index (κ2) is 8.51. The molecule has 0 spiro atoms. The predicted octanol–water partition coefficient (Wildman–Crippen LogP) is 2.84. The first kappa shape index (κ1) is 18.0. The Morgan fingerprint density at radius 1 is 1.27 bits per heavy atom. The summed E-state index contributed by atoms with van der Waals surface area (Å²) in [6.07, 6.45) is 1.32. The van der Waals surface area contributed by atoms with E-state index in [9.17, 15) is 0 Å². The molecule has 2 fully saturated rings. The van der Waals surface area contributed by atoms with Crippen LogP contribution in [0.15, 0.2) is 24.3 Å². The largest absolute Gasteiger partial charge is 0.314 e. The summed E-state index contributed by atoms with van der Waals surface area (Å²) in [6.45, 7) is 10.6. The van der Waals surface area contributed by atoms with Gasteiger partial charge >= 0.3 is 0 Å². The lowest BCUT2D eigenvalue weighted by Crippen LogP contribution is -2.49. The molecule has 0 aliphatic carbocycles. The predicted molar refractivity (Wildman–Crippen MR) is 96.4 cm³/mol. The number of nitrogens with one attached hydrogen (secondary N) is 1. The van der Waals surface area contributed by atoms with E-state index in [2.05, 4.69) is 40.2 Å². The van der Waals surface area contributed by atoms with Gasteiger partial charge in [-0.2, -0.15) is 0 Å². The third kappa shape index (κ3) is 4.59. The summed E-state index contributed by atoms with van der Waals surface area (Å²) in [5.74, 6) is 0.547. The average Bonchev–Trinajstić information content (AvgIpc) is 2.97. The summed E-state index contributed by atoms with van der Waals surface area (Å²) >= 11 is 6.10. The Kier molecular flexibility index (Phi) is 6.97. The SMILES string of the molecule is CC(CN1CCC(N2CCNCC2)C1)c1cccc(Cl)c1.Cl. The Morgan fingerprint density at radius 3 is 2.77 bits per heavy atom. The maximum absolute atomic E-state index is 6.10. The van der Waals surface area contributed by atoms with Crippen LogP contribution in [0.4, 0.5) is 0 Å². The number of benzene rings is 1. The van der Waals surface area contributed by atoms with E-state index in [1.165, 1.54) is 38.2 Å². The smallest absolute Gasteiger partial charge is 0.0408 e. The topological polar surface area (TPSA) is 18.5 Å². The van der Waals surface area contributed by atoms with Gasteiger partial charge in [0.1, 0.15) is 0 Å². The van der Waals surface area contributed by atoms with Gasteiger partial charge in [-0.05, 0) is 36.6 Å². The second-order valence-corrected chi connectivity index (χ2v) is 6.88. The maximum atomic E-state index is 6.10. The molecule has 5 heteroatoms. The van der Waals surface area contributed by atoms with Gasteiger partial charge in [0.05, 0.1) is 0 Å². The molecule has 124 valence electrons. The second-order valence-electron chi connectivity index (χ2n) is 6.44. The minimum Gasteiger partial charge on any atom is -0.314 e. The molecule has 2 heterocycles. The first-order chi connectivity index (χ1) is 10.2.